The molecule has 0 fully saturated rings. The van der Waals surface area contributed by atoms with E-state index >= 15 is 0 Å². The molecule has 0 N–H and O–H groups in total. The normalized spacial score (nSPS) is 11.5. The average Bonchev–Trinajstić information content (AvgIpc) is 2.49. The predicted octanol–water partition coefficient (Wildman–Crippen LogP) is 3.15. The second kappa shape index (κ2) is 18.5. The first-order chi connectivity index (χ1) is 10.6. The molecule has 0 aliphatic rings. The van der Waals surface area contributed by atoms with Crippen molar-refractivity contribution in [1.29, 1.82) is 0 Å². The zero-order chi connectivity index (χ0) is 16.5. The Bertz CT molecular complexity index is 222. The number of hydrogen-bond donors (Lipinski definition) is 0. The standard InChI is InChI=1S/C20H44NO.ClH/c1-5-7-9-10-11-12-13-14-15-16-18-21(3,4)20-22-19-17-8-6-2;/h5-20H2,1-4H3;1H/q+1;/p-1. The van der Waals surface area contributed by atoms with Crippen LogP contribution in [0.3, 0.4) is 0 Å². The smallest absolute Gasteiger partial charge is 0.182 e. The van der Waals surface area contributed by atoms with Crippen LogP contribution in [0.4, 0.5) is 0 Å². The highest BCUT2D eigenvalue weighted by molar-refractivity contribution is 4.47. The maximum Gasteiger partial charge on any atom is 0.182 e. The molecule has 0 aromatic carbocycles. The van der Waals surface area contributed by atoms with E-state index in [-0.39, 0.29) is 12.4 Å². The molecule has 0 spiro atoms. The lowest BCUT2D eigenvalue weighted by molar-refractivity contribution is -0.909. The summed E-state index contributed by atoms with van der Waals surface area (Å²) in [6.45, 7) is 7.60. The molecule has 23 heavy (non-hydrogen) atoms. The number of halogens is 1. The Morgan fingerprint density at radius 1 is 0.609 bits per heavy atom. The molecule has 0 rings (SSSR count). The molecule has 0 bridgehead atoms. The first-order valence-electron chi connectivity index (χ1n) is 10.0. The van der Waals surface area contributed by atoms with E-state index in [9.17, 15) is 0 Å². The van der Waals surface area contributed by atoms with Gasteiger partial charge >= 0.3 is 0 Å². The third kappa shape index (κ3) is 20.2. The highest BCUT2D eigenvalue weighted by Gasteiger charge is 2.13. The Morgan fingerprint density at radius 3 is 1.57 bits per heavy atom. The van der Waals surface area contributed by atoms with Crippen LogP contribution < -0.4 is 12.4 Å². The van der Waals surface area contributed by atoms with Crippen LogP contribution in [0.1, 0.15) is 97.3 Å². The molecule has 0 heterocycles. The zero-order valence-corrected chi connectivity index (χ0v) is 17.3. The number of rotatable bonds is 17. The molecular formula is C20H44ClNO. The molecule has 0 unspecified atom stereocenters. The van der Waals surface area contributed by atoms with Gasteiger partial charge in [-0.25, -0.2) is 0 Å². The van der Waals surface area contributed by atoms with Gasteiger partial charge in [-0.15, -0.1) is 0 Å². The number of ether oxygens (including phenoxy) is 1. The largest absolute Gasteiger partial charge is 1.00 e. The summed E-state index contributed by atoms with van der Waals surface area (Å²) in [6, 6.07) is 0. The topological polar surface area (TPSA) is 9.23 Å². The first kappa shape index (κ1) is 25.5. The third-order valence-electron chi connectivity index (χ3n) is 4.45. The summed E-state index contributed by atoms with van der Waals surface area (Å²) >= 11 is 0. The van der Waals surface area contributed by atoms with Crippen molar-refractivity contribution < 1.29 is 21.6 Å². The van der Waals surface area contributed by atoms with E-state index in [0.717, 1.165) is 17.8 Å². The van der Waals surface area contributed by atoms with Crippen molar-refractivity contribution in [3.63, 3.8) is 0 Å². The van der Waals surface area contributed by atoms with Crippen molar-refractivity contribution in [2.45, 2.75) is 97.3 Å². The summed E-state index contributed by atoms with van der Waals surface area (Å²) in [5.74, 6) is 0. The minimum absolute atomic E-state index is 0. The van der Waals surface area contributed by atoms with Gasteiger partial charge in [0.05, 0.1) is 27.2 Å². The number of unbranched alkanes of at least 4 members (excludes halogenated alkanes) is 11. The van der Waals surface area contributed by atoms with Crippen molar-refractivity contribution >= 4 is 0 Å². The molecule has 0 amide bonds. The minimum Gasteiger partial charge on any atom is -1.00 e. The molecule has 0 aromatic rings. The van der Waals surface area contributed by atoms with E-state index in [1.807, 2.05) is 0 Å². The molecule has 142 valence electrons. The minimum atomic E-state index is 0. The van der Waals surface area contributed by atoms with Gasteiger partial charge in [-0.05, 0) is 19.3 Å². The van der Waals surface area contributed by atoms with Crippen LogP contribution in [0.25, 0.3) is 0 Å². The molecule has 0 radical (unpaired) electrons. The van der Waals surface area contributed by atoms with Crippen molar-refractivity contribution in [2.75, 3.05) is 34.0 Å². The van der Waals surface area contributed by atoms with Crippen LogP contribution in [0.2, 0.25) is 0 Å². The highest BCUT2D eigenvalue weighted by Crippen LogP contribution is 2.11. The quantitative estimate of drug-likeness (QED) is 0.223. The molecule has 0 aromatic heterocycles. The van der Waals surface area contributed by atoms with E-state index < -0.39 is 0 Å². The zero-order valence-electron chi connectivity index (χ0n) is 16.5. The van der Waals surface area contributed by atoms with Crippen molar-refractivity contribution in [3.05, 3.63) is 0 Å². The van der Waals surface area contributed by atoms with Crippen molar-refractivity contribution in [3.8, 4) is 0 Å². The second-order valence-corrected chi connectivity index (χ2v) is 7.59. The van der Waals surface area contributed by atoms with Crippen LogP contribution in [0, 0.1) is 0 Å². The molecule has 0 aliphatic heterocycles. The van der Waals surface area contributed by atoms with Crippen LogP contribution in [0.15, 0.2) is 0 Å². The van der Waals surface area contributed by atoms with Crippen LogP contribution in [-0.2, 0) is 4.74 Å². The first-order valence-corrected chi connectivity index (χ1v) is 10.0. The number of nitrogens with zero attached hydrogens (tertiary/aromatic N) is 1. The maximum atomic E-state index is 5.82. The van der Waals surface area contributed by atoms with Gasteiger partial charge in [0.2, 0.25) is 0 Å². The number of hydrogen-bond acceptors (Lipinski definition) is 1. The maximum absolute atomic E-state index is 5.82. The lowest BCUT2D eigenvalue weighted by Gasteiger charge is -2.29. The molecule has 3 heteroatoms. The van der Waals surface area contributed by atoms with Gasteiger partial charge in [-0.3, -0.25) is 0 Å². The van der Waals surface area contributed by atoms with Gasteiger partial charge in [0.25, 0.3) is 0 Å². The molecule has 0 saturated carbocycles. The fourth-order valence-electron chi connectivity index (χ4n) is 2.86. The fraction of sp³-hybridized carbons (Fsp3) is 1.00. The van der Waals surface area contributed by atoms with E-state index in [1.54, 1.807) is 0 Å². The molecule has 0 saturated heterocycles. The van der Waals surface area contributed by atoms with Crippen LogP contribution in [-0.4, -0.2) is 38.5 Å². The average molecular weight is 350 g/mol. The monoisotopic (exact) mass is 349 g/mol. The molecular weight excluding hydrogens is 306 g/mol. The summed E-state index contributed by atoms with van der Waals surface area (Å²) < 4.78 is 6.83. The summed E-state index contributed by atoms with van der Waals surface area (Å²) in [5, 5.41) is 0. The molecule has 2 nitrogen and oxygen atoms in total. The fourth-order valence-corrected chi connectivity index (χ4v) is 2.86. The second-order valence-electron chi connectivity index (χ2n) is 7.59. The lowest BCUT2D eigenvalue weighted by Crippen LogP contribution is -3.00. The van der Waals surface area contributed by atoms with E-state index in [2.05, 4.69) is 27.9 Å². The van der Waals surface area contributed by atoms with E-state index in [1.165, 1.54) is 90.0 Å². The SMILES string of the molecule is CCCCCCCCCCCC[N+](C)(C)COCCCCC.[Cl-]. The van der Waals surface area contributed by atoms with Gasteiger partial charge in [-0.2, -0.15) is 0 Å². The summed E-state index contributed by atoms with van der Waals surface area (Å²) in [5.41, 5.74) is 0. The van der Waals surface area contributed by atoms with E-state index in [4.69, 9.17) is 4.74 Å². The Labute approximate surface area is 153 Å². The van der Waals surface area contributed by atoms with Crippen molar-refractivity contribution in [1.82, 2.24) is 0 Å². The Morgan fingerprint density at radius 2 is 1.04 bits per heavy atom. The summed E-state index contributed by atoms with van der Waals surface area (Å²) in [4.78, 5) is 0. The van der Waals surface area contributed by atoms with Gasteiger partial charge in [0, 0.05) is 0 Å². The van der Waals surface area contributed by atoms with Gasteiger partial charge in [0.1, 0.15) is 0 Å². The van der Waals surface area contributed by atoms with E-state index in [0.29, 0.717) is 0 Å². The van der Waals surface area contributed by atoms with Crippen LogP contribution in [0.5, 0.6) is 0 Å². The molecule has 0 aliphatic carbocycles. The van der Waals surface area contributed by atoms with Crippen LogP contribution >= 0.6 is 0 Å². The van der Waals surface area contributed by atoms with Gasteiger partial charge in [0.15, 0.2) is 6.73 Å². The Hall–Kier alpha value is 0.210. The Balaban J connectivity index is 0. The van der Waals surface area contributed by atoms with Gasteiger partial charge < -0.3 is 21.6 Å². The number of quaternary nitrogens is 1. The highest BCUT2D eigenvalue weighted by atomic mass is 35.5. The lowest BCUT2D eigenvalue weighted by atomic mass is 10.1. The Kier molecular flexibility index (Phi) is 20.5. The third-order valence-corrected chi connectivity index (χ3v) is 4.45. The summed E-state index contributed by atoms with van der Waals surface area (Å²) in [7, 11) is 4.60. The van der Waals surface area contributed by atoms with Crippen molar-refractivity contribution in [2.24, 2.45) is 0 Å². The predicted molar refractivity (Wildman–Crippen MR) is 99.2 cm³/mol. The molecule has 0 atom stereocenters. The van der Waals surface area contributed by atoms with Gasteiger partial charge in [-0.1, -0.05) is 78.1 Å². The summed E-state index contributed by atoms with van der Waals surface area (Å²) in [6.07, 6.45) is 18.0.